The molecule has 6 radical (unpaired) electrons. The Kier molecular flexibility index (Phi) is 23.0. The number of rotatable bonds is 4. The average Bonchev–Trinajstić information content (AvgIpc) is 3.20. The van der Waals surface area contributed by atoms with Crippen molar-refractivity contribution in [2.45, 2.75) is 45.6 Å². The SMILES string of the molecule is CCCC[C@@H](O)[C@@H]1CC=CC1=O.C[C]1[CH][CH][CH][CH]1.[C-]#[O+].[C-]#[O+].[Mn]. The van der Waals surface area contributed by atoms with E-state index in [0.29, 0.717) is 0 Å². The second-order valence-corrected chi connectivity index (χ2v) is 4.82. The Bertz CT molecular complexity index is 337. The Hall–Kier alpha value is -0.631. The van der Waals surface area contributed by atoms with Gasteiger partial charge in [-0.15, -0.1) is 0 Å². The Labute approximate surface area is 151 Å². The molecule has 0 aliphatic heterocycles. The number of allylic oxidation sites excluding steroid dienone is 2. The quantitative estimate of drug-likeness (QED) is 0.476. The first-order chi connectivity index (χ1) is 10.6. The summed E-state index contributed by atoms with van der Waals surface area (Å²) in [6.07, 6.45) is 14.8. The van der Waals surface area contributed by atoms with Crippen molar-refractivity contribution in [2.75, 3.05) is 0 Å². The van der Waals surface area contributed by atoms with Gasteiger partial charge in [-0.1, -0.05) is 32.8 Å². The van der Waals surface area contributed by atoms with Crippen molar-refractivity contribution >= 4 is 5.78 Å². The molecule has 2 atom stereocenters. The molecule has 5 heteroatoms. The van der Waals surface area contributed by atoms with Crippen LogP contribution in [0.3, 0.4) is 0 Å². The minimum Gasteiger partial charge on any atom is 0 e. The van der Waals surface area contributed by atoms with Crippen LogP contribution in [0.5, 0.6) is 0 Å². The van der Waals surface area contributed by atoms with Crippen LogP contribution in [0, 0.1) is 50.8 Å². The molecule has 1 N–H and O–H groups in total. The van der Waals surface area contributed by atoms with Crippen LogP contribution in [-0.2, 0) is 31.2 Å². The van der Waals surface area contributed by atoms with E-state index in [1.54, 1.807) is 6.08 Å². The predicted octanol–water partition coefficient (Wildman–Crippen LogP) is 3.02. The molecule has 0 unspecified atom stereocenters. The van der Waals surface area contributed by atoms with Crippen LogP contribution in [0.15, 0.2) is 12.2 Å². The molecule has 0 aromatic rings. The third-order valence-electron chi connectivity index (χ3n) is 3.18. The molecular formula is C18H23MnO4. The Balaban J connectivity index is -0.000000308. The number of aliphatic hydroxyl groups is 1. The summed E-state index contributed by atoms with van der Waals surface area (Å²) < 4.78 is 15.0. The van der Waals surface area contributed by atoms with Gasteiger partial charge in [-0.2, -0.15) is 0 Å². The van der Waals surface area contributed by atoms with Crippen LogP contribution in [0.1, 0.15) is 39.5 Å². The van der Waals surface area contributed by atoms with E-state index in [-0.39, 0.29) is 28.8 Å². The van der Waals surface area contributed by atoms with Gasteiger partial charge in [0.25, 0.3) is 0 Å². The molecule has 0 heterocycles. The van der Waals surface area contributed by atoms with Crippen molar-refractivity contribution in [3.63, 3.8) is 0 Å². The van der Waals surface area contributed by atoms with Gasteiger partial charge in [0.2, 0.25) is 0 Å². The normalized spacial score (nSPS) is 19.8. The molecule has 2 aliphatic carbocycles. The molecule has 1 saturated carbocycles. The monoisotopic (exact) mass is 358 g/mol. The van der Waals surface area contributed by atoms with Crippen molar-refractivity contribution in [2.24, 2.45) is 5.92 Å². The van der Waals surface area contributed by atoms with E-state index in [0.717, 1.165) is 25.7 Å². The zero-order chi connectivity index (χ0) is 17.4. The van der Waals surface area contributed by atoms with Gasteiger partial charge in [0.1, 0.15) is 0 Å². The second-order valence-electron chi connectivity index (χ2n) is 4.82. The number of aliphatic hydroxyl groups excluding tert-OH is 1. The molecule has 126 valence electrons. The molecule has 0 aromatic heterocycles. The van der Waals surface area contributed by atoms with E-state index in [1.165, 1.54) is 5.92 Å². The summed E-state index contributed by atoms with van der Waals surface area (Å²) in [6, 6.07) is 0. The van der Waals surface area contributed by atoms with Crippen LogP contribution in [-0.4, -0.2) is 17.0 Å². The fraction of sp³-hybridized carbons (Fsp3) is 0.444. The first kappa shape index (κ1) is 27.2. The molecule has 4 nitrogen and oxygen atoms in total. The molecule has 23 heavy (non-hydrogen) atoms. The molecular weight excluding hydrogens is 335 g/mol. The standard InChI is InChI=1S/C10H16O2.C6H7.2CO.Mn/c1-2-3-6-9(11)8-5-4-7-10(8)12;1-6-4-2-3-5-6;2*1-2;/h4,7-9,11H,2-3,5-6H2,1H3;2-5H,1H3;;;/t8-,9+;;;;/m0..../s1. The Morgan fingerprint density at radius 1 is 1.26 bits per heavy atom. The topological polar surface area (TPSA) is 77.1 Å². The smallest absolute Gasteiger partial charge is 0 e. The Morgan fingerprint density at radius 3 is 2.09 bits per heavy atom. The number of ketones is 1. The van der Waals surface area contributed by atoms with E-state index in [4.69, 9.17) is 9.30 Å². The first-order valence-corrected chi connectivity index (χ1v) is 7.12. The summed E-state index contributed by atoms with van der Waals surface area (Å²) in [6.45, 7) is 13.2. The van der Waals surface area contributed by atoms with Crippen molar-refractivity contribution in [3.05, 3.63) is 57.1 Å². The maximum absolute atomic E-state index is 11.1. The van der Waals surface area contributed by atoms with Crippen LogP contribution < -0.4 is 0 Å². The summed E-state index contributed by atoms with van der Waals surface area (Å²) in [5, 5.41) is 9.59. The average molecular weight is 358 g/mol. The first-order valence-electron chi connectivity index (χ1n) is 7.12. The maximum Gasteiger partial charge on any atom is 0 e. The van der Waals surface area contributed by atoms with E-state index in [9.17, 15) is 9.90 Å². The van der Waals surface area contributed by atoms with Gasteiger partial charge in [-0.25, -0.2) is 0 Å². The molecule has 2 rings (SSSR count). The zero-order valence-corrected chi connectivity index (χ0v) is 14.7. The largest absolute Gasteiger partial charge is 0 e. The van der Waals surface area contributed by atoms with Crippen molar-refractivity contribution in [1.82, 2.24) is 0 Å². The molecule has 1 fully saturated rings. The predicted molar refractivity (Wildman–Crippen MR) is 81.8 cm³/mol. The van der Waals surface area contributed by atoms with Crippen LogP contribution in [0.25, 0.3) is 0 Å². The van der Waals surface area contributed by atoms with E-state index in [1.807, 2.05) is 18.9 Å². The van der Waals surface area contributed by atoms with E-state index < -0.39 is 6.10 Å². The van der Waals surface area contributed by atoms with Gasteiger partial charge in [0, 0.05) is 17.1 Å². The van der Waals surface area contributed by atoms with Gasteiger partial charge in [-0.05, 0) is 50.5 Å². The molecule has 0 bridgehead atoms. The summed E-state index contributed by atoms with van der Waals surface area (Å²) in [7, 11) is 0. The van der Waals surface area contributed by atoms with Crippen molar-refractivity contribution < 1.29 is 36.3 Å². The van der Waals surface area contributed by atoms with Crippen LogP contribution in [0.2, 0.25) is 0 Å². The van der Waals surface area contributed by atoms with Gasteiger partial charge in [0.05, 0.1) is 12.0 Å². The number of hydrogen-bond acceptors (Lipinski definition) is 2. The molecule has 0 spiro atoms. The Morgan fingerprint density at radius 2 is 1.78 bits per heavy atom. The fourth-order valence-electron chi connectivity index (χ4n) is 2.00. The zero-order valence-electron chi connectivity index (χ0n) is 13.5. The maximum atomic E-state index is 11.1. The van der Waals surface area contributed by atoms with Crippen LogP contribution >= 0.6 is 0 Å². The van der Waals surface area contributed by atoms with Gasteiger partial charge in [0.15, 0.2) is 5.78 Å². The van der Waals surface area contributed by atoms with Crippen LogP contribution in [0.4, 0.5) is 0 Å². The second kappa shape index (κ2) is 19.4. The van der Waals surface area contributed by atoms with E-state index >= 15 is 0 Å². The molecule has 0 aromatic carbocycles. The van der Waals surface area contributed by atoms with Crippen molar-refractivity contribution in [1.29, 1.82) is 0 Å². The molecule has 2 aliphatic rings. The summed E-state index contributed by atoms with van der Waals surface area (Å²) >= 11 is 0. The number of hydrogen-bond donors (Lipinski definition) is 1. The summed E-state index contributed by atoms with van der Waals surface area (Å²) in [5.41, 5.74) is 0. The van der Waals surface area contributed by atoms with Gasteiger partial charge >= 0.3 is 22.6 Å². The fourth-order valence-corrected chi connectivity index (χ4v) is 2.00. The number of unbranched alkanes of at least 4 members (excludes halogenated alkanes) is 1. The minimum atomic E-state index is -0.424. The van der Waals surface area contributed by atoms with Gasteiger partial charge < -0.3 is 5.11 Å². The molecule has 0 saturated heterocycles. The van der Waals surface area contributed by atoms with E-state index in [2.05, 4.69) is 40.0 Å². The number of carbonyl (C=O) groups excluding carboxylic acids is 1. The summed E-state index contributed by atoms with van der Waals surface area (Å²) in [5.74, 6) is 1.30. The molecule has 0 amide bonds. The third-order valence-corrected chi connectivity index (χ3v) is 3.18. The number of carbonyl (C=O) groups is 1. The van der Waals surface area contributed by atoms with Crippen molar-refractivity contribution in [3.8, 4) is 0 Å². The van der Waals surface area contributed by atoms with Gasteiger partial charge in [-0.3, -0.25) is 4.79 Å². The minimum absolute atomic E-state index is 0. The third kappa shape index (κ3) is 13.5. The summed E-state index contributed by atoms with van der Waals surface area (Å²) in [4.78, 5) is 11.1.